The molecular formula is C31H33FN2O3. The molecule has 1 heterocycles. The minimum Gasteiger partial charge on any atom is -0.460 e. The molecule has 4 aromatic rings. The van der Waals surface area contributed by atoms with Crippen LogP contribution in [-0.2, 0) is 27.2 Å². The Morgan fingerprint density at radius 1 is 1.03 bits per heavy atom. The van der Waals surface area contributed by atoms with Crippen LogP contribution in [0.15, 0.2) is 72.9 Å². The molecule has 0 fully saturated rings. The molecule has 0 aliphatic rings. The number of hydrogen-bond acceptors (Lipinski definition) is 3. The SMILES string of the molecule is Cc1ccc(F)c(C(NC(=O)Cc2ccc3[nH]cc(CCC(=O)OC(C)(C)C)c3c2)c2ccccc2)c1. The van der Waals surface area contributed by atoms with Gasteiger partial charge in [-0.1, -0.05) is 54.1 Å². The average Bonchev–Trinajstić information content (AvgIpc) is 3.24. The molecule has 1 atom stereocenters. The first-order valence-electron chi connectivity index (χ1n) is 12.5. The first kappa shape index (κ1) is 26.1. The number of aromatic amines is 1. The molecule has 1 amide bonds. The van der Waals surface area contributed by atoms with Gasteiger partial charge in [-0.3, -0.25) is 9.59 Å². The summed E-state index contributed by atoms with van der Waals surface area (Å²) in [6.07, 6.45) is 2.84. The van der Waals surface area contributed by atoms with Crippen LogP contribution in [0.4, 0.5) is 4.39 Å². The number of aryl methyl sites for hydroxylation is 2. The van der Waals surface area contributed by atoms with Gasteiger partial charge in [-0.2, -0.15) is 0 Å². The van der Waals surface area contributed by atoms with Gasteiger partial charge < -0.3 is 15.0 Å². The first-order valence-corrected chi connectivity index (χ1v) is 12.5. The van der Waals surface area contributed by atoms with Gasteiger partial charge in [0, 0.05) is 29.1 Å². The van der Waals surface area contributed by atoms with Gasteiger partial charge in [-0.05, 0) is 69.0 Å². The first-order chi connectivity index (χ1) is 17.6. The summed E-state index contributed by atoms with van der Waals surface area (Å²) >= 11 is 0. The van der Waals surface area contributed by atoms with E-state index in [0.717, 1.165) is 33.2 Å². The average molecular weight is 501 g/mol. The predicted octanol–water partition coefficient (Wildman–Crippen LogP) is 6.34. The normalized spacial score (nSPS) is 12.4. The van der Waals surface area contributed by atoms with E-state index < -0.39 is 11.6 Å². The van der Waals surface area contributed by atoms with E-state index in [-0.39, 0.29) is 30.5 Å². The zero-order chi connectivity index (χ0) is 26.6. The highest BCUT2D eigenvalue weighted by Gasteiger charge is 2.21. The van der Waals surface area contributed by atoms with E-state index in [9.17, 15) is 14.0 Å². The molecule has 0 aliphatic carbocycles. The maximum atomic E-state index is 14.8. The highest BCUT2D eigenvalue weighted by molar-refractivity contribution is 5.86. The Hall–Kier alpha value is -3.93. The van der Waals surface area contributed by atoms with E-state index in [1.165, 1.54) is 6.07 Å². The second-order valence-corrected chi connectivity index (χ2v) is 10.4. The van der Waals surface area contributed by atoms with Gasteiger partial charge >= 0.3 is 5.97 Å². The Morgan fingerprint density at radius 3 is 2.51 bits per heavy atom. The zero-order valence-electron chi connectivity index (χ0n) is 21.7. The molecule has 37 heavy (non-hydrogen) atoms. The third-order valence-electron chi connectivity index (χ3n) is 6.12. The van der Waals surface area contributed by atoms with Gasteiger partial charge in [-0.15, -0.1) is 0 Å². The molecule has 0 bridgehead atoms. The van der Waals surface area contributed by atoms with E-state index in [4.69, 9.17) is 4.74 Å². The molecule has 0 radical (unpaired) electrons. The Morgan fingerprint density at radius 2 is 1.78 bits per heavy atom. The van der Waals surface area contributed by atoms with Crippen LogP contribution in [0, 0.1) is 12.7 Å². The maximum absolute atomic E-state index is 14.8. The molecule has 0 saturated heterocycles. The van der Waals surface area contributed by atoms with Crippen molar-refractivity contribution in [2.75, 3.05) is 0 Å². The molecule has 0 spiro atoms. The number of rotatable bonds is 8. The highest BCUT2D eigenvalue weighted by Crippen LogP contribution is 2.26. The minimum absolute atomic E-state index is 0.142. The summed E-state index contributed by atoms with van der Waals surface area (Å²) in [5.41, 5.74) is 4.41. The van der Waals surface area contributed by atoms with Gasteiger partial charge in [0.15, 0.2) is 0 Å². The Kier molecular flexibility index (Phi) is 7.77. The third kappa shape index (κ3) is 6.85. The van der Waals surface area contributed by atoms with Crippen molar-refractivity contribution in [2.45, 2.75) is 58.6 Å². The molecule has 1 aromatic heterocycles. The van der Waals surface area contributed by atoms with Crippen molar-refractivity contribution < 1.29 is 18.7 Å². The van der Waals surface area contributed by atoms with Crippen molar-refractivity contribution in [3.8, 4) is 0 Å². The fourth-order valence-corrected chi connectivity index (χ4v) is 4.44. The summed E-state index contributed by atoms with van der Waals surface area (Å²) in [5, 5.41) is 4.01. The number of carbonyl (C=O) groups excluding carboxylic acids is 2. The second kappa shape index (κ2) is 11.0. The Bertz CT molecular complexity index is 1400. The molecule has 1 unspecified atom stereocenters. The number of H-pyrrole nitrogens is 1. The number of aromatic nitrogens is 1. The van der Waals surface area contributed by atoms with E-state index in [2.05, 4.69) is 10.3 Å². The number of nitrogens with one attached hydrogen (secondary N) is 2. The van der Waals surface area contributed by atoms with Gasteiger partial charge in [0.2, 0.25) is 5.91 Å². The number of amides is 1. The Balaban J connectivity index is 1.51. The molecule has 2 N–H and O–H groups in total. The molecule has 0 aliphatic heterocycles. The van der Waals surface area contributed by atoms with E-state index >= 15 is 0 Å². The number of halogens is 1. The van der Waals surface area contributed by atoms with Gasteiger partial charge in [0.25, 0.3) is 0 Å². The topological polar surface area (TPSA) is 71.2 Å². The van der Waals surface area contributed by atoms with Crippen LogP contribution in [0.5, 0.6) is 0 Å². The lowest BCUT2D eigenvalue weighted by atomic mass is 9.96. The van der Waals surface area contributed by atoms with Gasteiger partial charge in [-0.25, -0.2) is 4.39 Å². The molecule has 5 nitrogen and oxygen atoms in total. The summed E-state index contributed by atoms with van der Waals surface area (Å²) in [6.45, 7) is 7.45. The molecule has 6 heteroatoms. The fraction of sp³-hybridized carbons (Fsp3) is 0.290. The monoisotopic (exact) mass is 500 g/mol. The van der Waals surface area contributed by atoms with E-state index in [1.807, 2.05) is 82.4 Å². The number of esters is 1. The second-order valence-electron chi connectivity index (χ2n) is 10.4. The number of ether oxygens (including phenoxy) is 1. The van der Waals surface area contributed by atoms with E-state index in [0.29, 0.717) is 12.0 Å². The number of hydrogen-bond donors (Lipinski definition) is 2. The van der Waals surface area contributed by atoms with E-state index in [1.54, 1.807) is 12.1 Å². The lowest BCUT2D eigenvalue weighted by Gasteiger charge is -2.21. The fourth-order valence-electron chi connectivity index (χ4n) is 4.44. The van der Waals surface area contributed by atoms with Crippen molar-refractivity contribution in [1.29, 1.82) is 0 Å². The zero-order valence-corrected chi connectivity index (χ0v) is 21.7. The van der Waals surface area contributed by atoms with Crippen molar-refractivity contribution in [3.05, 3.63) is 107 Å². The summed E-state index contributed by atoms with van der Waals surface area (Å²) in [7, 11) is 0. The number of carbonyl (C=O) groups is 2. The number of fused-ring (bicyclic) bond motifs is 1. The minimum atomic E-state index is -0.603. The molecule has 3 aromatic carbocycles. The largest absolute Gasteiger partial charge is 0.460 e. The van der Waals surface area contributed by atoms with Gasteiger partial charge in [0.1, 0.15) is 11.4 Å². The summed E-state index contributed by atoms with van der Waals surface area (Å²) in [6, 6.07) is 19.5. The van der Waals surface area contributed by atoms with Crippen molar-refractivity contribution in [1.82, 2.24) is 10.3 Å². The third-order valence-corrected chi connectivity index (χ3v) is 6.12. The van der Waals surface area contributed by atoms with Crippen LogP contribution in [-0.4, -0.2) is 22.5 Å². The van der Waals surface area contributed by atoms with Gasteiger partial charge in [0.05, 0.1) is 12.5 Å². The maximum Gasteiger partial charge on any atom is 0.306 e. The summed E-state index contributed by atoms with van der Waals surface area (Å²) in [5.74, 6) is -0.809. The standard InChI is InChI=1S/C31H33FN2O3/c1-20-10-13-26(32)25(16-20)30(22-8-6-5-7-9-22)34-28(35)18-21-11-14-27-24(17-21)23(19-33-27)12-15-29(36)37-31(2,3)4/h5-11,13-14,16-17,19,30,33H,12,15,18H2,1-4H3,(H,34,35). The van der Waals surface area contributed by atoms with Crippen LogP contribution < -0.4 is 5.32 Å². The lowest BCUT2D eigenvalue weighted by molar-refractivity contribution is -0.154. The Labute approximate surface area is 217 Å². The molecule has 0 saturated carbocycles. The molecule has 4 rings (SSSR count). The van der Waals surface area contributed by atoms with Crippen molar-refractivity contribution >= 4 is 22.8 Å². The highest BCUT2D eigenvalue weighted by atomic mass is 19.1. The number of benzene rings is 3. The van der Waals surface area contributed by atoms with Crippen LogP contribution in [0.1, 0.15) is 61.1 Å². The quantitative estimate of drug-likeness (QED) is 0.278. The van der Waals surface area contributed by atoms with Crippen LogP contribution in [0.2, 0.25) is 0 Å². The lowest BCUT2D eigenvalue weighted by Crippen LogP contribution is -2.31. The van der Waals surface area contributed by atoms with Crippen LogP contribution in [0.3, 0.4) is 0 Å². The summed E-state index contributed by atoms with van der Waals surface area (Å²) in [4.78, 5) is 28.6. The van der Waals surface area contributed by atoms with Crippen LogP contribution in [0.25, 0.3) is 10.9 Å². The van der Waals surface area contributed by atoms with Crippen molar-refractivity contribution in [2.24, 2.45) is 0 Å². The molecule has 192 valence electrons. The molecular weight excluding hydrogens is 467 g/mol. The van der Waals surface area contributed by atoms with Crippen molar-refractivity contribution in [3.63, 3.8) is 0 Å². The summed E-state index contributed by atoms with van der Waals surface area (Å²) < 4.78 is 20.2. The van der Waals surface area contributed by atoms with Crippen LogP contribution >= 0.6 is 0 Å². The smallest absolute Gasteiger partial charge is 0.306 e. The predicted molar refractivity (Wildman–Crippen MR) is 144 cm³/mol.